The summed E-state index contributed by atoms with van der Waals surface area (Å²) in [6.45, 7) is 1.08. The smallest absolute Gasteiger partial charge is 0.110 e. The summed E-state index contributed by atoms with van der Waals surface area (Å²) in [5.41, 5.74) is 2.27. The number of rotatable bonds is 6. The van der Waals surface area contributed by atoms with E-state index in [9.17, 15) is 5.11 Å². The van der Waals surface area contributed by atoms with Crippen LogP contribution in [-0.4, -0.2) is 35.6 Å². The van der Waals surface area contributed by atoms with E-state index >= 15 is 0 Å². The number of aliphatic hydroxyl groups excluding tert-OH is 1. The van der Waals surface area contributed by atoms with Crippen LogP contribution in [0.25, 0.3) is 0 Å². The monoisotopic (exact) mass is 340 g/mol. The Morgan fingerprint density at radius 1 is 0.800 bits per heavy atom. The van der Waals surface area contributed by atoms with Gasteiger partial charge in [-0.2, -0.15) is 0 Å². The van der Waals surface area contributed by atoms with Crippen molar-refractivity contribution >= 4 is 0 Å². The molecule has 2 heterocycles. The molecule has 0 unspecified atom stereocenters. The molecule has 0 aliphatic carbocycles. The summed E-state index contributed by atoms with van der Waals surface area (Å²) in [6, 6.07) is 20.2. The van der Waals surface area contributed by atoms with Gasteiger partial charge >= 0.3 is 0 Å². The van der Waals surface area contributed by atoms with E-state index in [1.807, 2.05) is 48.5 Å². The molecule has 4 rings (SSSR count). The van der Waals surface area contributed by atoms with Gasteiger partial charge < -0.3 is 19.3 Å². The van der Waals surface area contributed by atoms with E-state index < -0.39 is 6.10 Å². The summed E-state index contributed by atoms with van der Waals surface area (Å²) in [5.74, 6) is 0. The molecular weight excluding hydrogens is 316 g/mol. The summed E-state index contributed by atoms with van der Waals surface area (Å²) < 4.78 is 18.2. The highest BCUT2D eigenvalue weighted by molar-refractivity contribution is 5.14. The first-order chi connectivity index (χ1) is 12.3. The van der Waals surface area contributed by atoms with Crippen LogP contribution in [0.15, 0.2) is 60.7 Å². The van der Waals surface area contributed by atoms with Crippen molar-refractivity contribution in [1.82, 2.24) is 0 Å². The van der Waals surface area contributed by atoms with Crippen molar-refractivity contribution in [2.24, 2.45) is 0 Å². The lowest BCUT2D eigenvalue weighted by molar-refractivity contribution is -0.181. The molecular formula is C21H24O4. The van der Waals surface area contributed by atoms with Crippen molar-refractivity contribution in [2.45, 2.75) is 56.6 Å². The quantitative estimate of drug-likeness (QED) is 0.878. The average molecular weight is 340 g/mol. The van der Waals surface area contributed by atoms with Gasteiger partial charge in [0.15, 0.2) is 0 Å². The fourth-order valence-electron chi connectivity index (χ4n) is 3.70. The zero-order valence-corrected chi connectivity index (χ0v) is 14.2. The molecule has 2 bridgehead atoms. The minimum atomic E-state index is -0.476. The fraction of sp³-hybridized carbons (Fsp3) is 0.429. The van der Waals surface area contributed by atoms with Gasteiger partial charge in [-0.1, -0.05) is 60.7 Å². The molecule has 132 valence electrons. The van der Waals surface area contributed by atoms with E-state index in [-0.39, 0.29) is 24.4 Å². The average Bonchev–Trinajstić information content (AvgIpc) is 2.99. The molecule has 2 aliphatic heterocycles. The molecule has 0 radical (unpaired) electrons. The Bertz CT molecular complexity index is 660. The fourth-order valence-corrected chi connectivity index (χ4v) is 3.70. The van der Waals surface area contributed by atoms with Crippen molar-refractivity contribution in [1.29, 1.82) is 0 Å². The highest BCUT2D eigenvalue weighted by Gasteiger charge is 2.49. The minimum Gasteiger partial charge on any atom is -0.390 e. The van der Waals surface area contributed by atoms with Gasteiger partial charge in [0.05, 0.1) is 37.6 Å². The second-order valence-electron chi connectivity index (χ2n) is 6.85. The lowest BCUT2D eigenvalue weighted by Crippen LogP contribution is -2.45. The molecule has 2 aliphatic rings. The number of hydrogen-bond donors (Lipinski definition) is 1. The van der Waals surface area contributed by atoms with Crippen LogP contribution in [0.4, 0.5) is 0 Å². The zero-order chi connectivity index (χ0) is 17.1. The van der Waals surface area contributed by atoms with Crippen molar-refractivity contribution in [3.8, 4) is 0 Å². The normalized spacial score (nSPS) is 31.2. The van der Waals surface area contributed by atoms with Gasteiger partial charge in [-0.15, -0.1) is 0 Å². The van der Waals surface area contributed by atoms with E-state index in [0.29, 0.717) is 19.6 Å². The zero-order valence-electron chi connectivity index (χ0n) is 14.2. The Morgan fingerprint density at radius 3 is 1.96 bits per heavy atom. The molecule has 2 fully saturated rings. The van der Waals surface area contributed by atoms with Crippen molar-refractivity contribution in [3.63, 3.8) is 0 Å². The highest BCUT2D eigenvalue weighted by Crippen LogP contribution is 2.37. The lowest BCUT2D eigenvalue weighted by atomic mass is 10.0. The van der Waals surface area contributed by atoms with Crippen LogP contribution in [0.3, 0.4) is 0 Å². The molecule has 25 heavy (non-hydrogen) atoms. The van der Waals surface area contributed by atoms with E-state index in [4.69, 9.17) is 14.2 Å². The van der Waals surface area contributed by atoms with Gasteiger partial charge in [-0.05, 0) is 11.1 Å². The molecule has 2 aromatic rings. The third-order valence-corrected chi connectivity index (χ3v) is 5.04. The molecule has 5 atom stereocenters. The first kappa shape index (κ1) is 16.7. The SMILES string of the molecule is O[C@@H]1C[C@@H]2O[C@H]1[C@H](OCc1ccccc1)C[C@@H]2OCc1ccccc1. The van der Waals surface area contributed by atoms with E-state index in [1.54, 1.807) is 0 Å². The van der Waals surface area contributed by atoms with E-state index in [2.05, 4.69) is 12.1 Å². The van der Waals surface area contributed by atoms with Crippen molar-refractivity contribution in [2.75, 3.05) is 0 Å². The summed E-state index contributed by atoms with van der Waals surface area (Å²) in [4.78, 5) is 0. The van der Waals surface area contributed by atoms with Gasteiger partial charge in [0, 0.05) is 12.8 Å². The van der Waals surface area contributed by atoms with E-state index in [0.717, 1.165) is 17.5 Å². The molecule has 0 spiro atoms. The van der Waals surface area contributed by atoms with Crippen LogP contribution in [0, 0.1) is 0 Å². The van der Waals surface area contributed by atoms with Crippen molar-refractivity contribution in [3.05, 3.63) is 71.8 Å². The largest absolute Gasteiger partial charge is 0.390 e. The molecule has 1 N–H and O–H groups in total. The predicted octanol–water partition coefficient (Wildman–Crippen LogP) is 3.08. The Kier molecular flexibility index (Phi) is 5.13. The minimum absolute atomic E-state index is 0.0414. The molecule has 0 saturated carbocycles. The van der Waals surface area contributed by atoms with Crippen LogP contribution in [0.1, 0.15) is 24.0 Å². The number of benzene rings is 2. The van der Waals surface area contributed by atoms with E-state index in [1.165, 1.54) is 0 Å². The lowest BCUT2D eigenvalue weighted by Gasteiger charge is -2.35. The Labute approximate surface area is 148 Å². The van der Waals surface area contributed by atoms with Gasteiger partial charge in [-0.25, -0.2) is 0 Å². The number of aliphatic hydroxyl groups is 1. The van der Waals surface area contributed by atoms with Crippen LogP contribution in [0.5, 0.6) is 0 Å². The van der Waals surface area contributed by atoms with Crippen molar-refractivity contribution < 1.29 is 19.3 Å². The van der Waals surface area contributed by atoms with Gasteiger partial charge in [0.25, 0.3) is 0 Å². The first-order valence-electron chi connectivity index (χ1n) is 8.94. The molecule has 2 saturated heterocycles. The maximum Gasteiger partial charge on any atom is 0.110 e. The summed E-state index contributed by atoms with van der Waals surface area (Å²) in [6.07, 6.45) is 0.423. The number of hydrogen-bond acceptors (Lipinski definition) is 4. The molecule has 0 aromatic heterocycles. The molecule has 0 amide bonds. The van der Waals surface area contributed by atoms with Crippen LogP contribution in [-0.2, 0) is 27.4 Å². The second kappa shape index (κ2) is 7.67. The van der Waals surface area contributed by atoms with Crippen LogP contribution >= 0.6 is 0 Å². The highest BCUT2D eigenvalue weighted by atomic mass is 16.6. The maximum absolute atomic E-state index is 10.3. The number of ether oxygens (including phenoxy) is 3. The topological polar surface area (TPSA) is 47.9 Å². The van der Waals surface area contributed by atoms with Crippen LogP contribution in [0.2, 0.25) is 0 Å². The summed E-state index contributed by atoms with van der Waals surface area (Å²) >= 11 is 0. The molecule has 4 nitrogen and oxygen atoms in total. The van der Waals surface area contributed by atoms with Gasteiger partial charge in [-0.3, -0.25) is 0 Å². The Balaban J connectivity index is 1.38. The standard InChI is InChI=1S/C21H24O4/c22-17-11-19-18(23-13-15-7-3-1-4-8-15)12-20(21(17)25-19)24-14-16-9-5-2-6-10-16/h1-10,17-22H,11-14H2/t17-,18+,19+,20-,21-/m1/s1. The summed E-state index contributed by atoms with van der Waals surface area (Å²) in [5, 5.41) is 10.3. The molecule has 4 heteroatoms. The van der Waals surface area contributed by atoms with Gasteiger partial charge in [0.1, 0.15) is 6.10 Å². The third kappa shape index (κ3) is 3.93. The Morgan fingerprint density at radius 2 is 1.36 bits per heavy atom. The number of fused-ring (bicyclic) bond motifs is 2. The van der Waals surface area contributed by atoms with Crippen LogP contribution < -0.4 is 0 Å². The summed E-state index contributed by atoms with van der Waals surface area (Å²) in [7, 11) is 0. The Hall–Kier alpha value is -1.72. The third-order valence-electron chi connectivity index (χ3n) is 5.04. The first-order valence-corrected chi connectivity index (χ1v) is 8.94. The van der Waals surface area contributed by atoms with Gasteiger partial charge in [0.2, 0.25) is 0 Å². The maximum atomic E-state index is 10.3. The second-order valence-corrected chi connectivity index (χ2v) is 6.85. The molecule has 2 aromatic carbocycles. The predicted molar refractivity (Wildman–Crippen MR) is 93.9 cm³/mol.